The van der Waals surface area contributed by atoms with Crippen LogP contribution in [-0.2, 0) is 16.0 Å². The van der Waals surface area contributed by atoms with Crippen LogP contribution >= 0.6 is 11.6 Å². The van der Waals surface area contributed by atoms with Crippen molar-refractivity contribution in [1.82, 2.24) is 4.98 Å². The lowest BCUT2D eigenvalue weighted by atomic mass is 10.2. The second kappa shape index (κ2) is 5.56. The molecule has 0 aliphatic heterocycles. The number of carbonyl (C=O) groups is 1. The van der Waals surface area contributed by atoms with Gasteiger partial charge >= 0.3 is 5.97 Å². The van der Waals surface area contributed by atoms with E-state index in [0.29, 0.717) is 23.1 Å². The Bertz CT molecular complexity index is 355. The molecule has 1 aromatic rings. The Hall–Kier alpha value is -1.29. The van der Waals surface area contributed by atoms with Crippen LogP contribution in [0, 0.1) is 0 Å². The van der Waals surface area contributed by atoms with Crippen molar-refractivity contribution in [3.8, 4) is 5.75 Å². The second-order valence-corrected chi connectivity index (χ2v) is 3.19. The number of carbonyl (C=O) groups excluding carboxylic acids is 1. The summed E-state index contributed by atoms with van der Waals surface area (Å²) >= 11 is 5.69. The molecule has 0 bridgehead atoms. The molecular weight excluding hydrogens is 218 g/mol. The first kappa shape index (κ1) is 11.8. The quantitative estimate of drug-likeness (QED) is 0.584. The van der Waals surface area contributed by atoms with Gasteiger partial charge in [-0.25, -0.2) is 4.98 Å². The number of rotatable bonds is 4. The molecule has 0 fully saturated rings. The number of aromatic nitrogens is 1. The molecule has 1 heterocycles. The molecule has 0 atom stereocenters. The van der Waals surface area contributed by atoms with Gasteiger partial charge in [-0.2, -0.15) is 0 Å². The maximum atomic E-state index is 11.2. The third kappa shape index (κ3) is 3.40. The van der Waals surface area contributed by atoms with Crippen LogP contribution < -0.4 is 4.74 Å². The predicted molar refractivity (Wildman–Crippen MR) is 56.1 cm³/mol. The van der Waals surface area contributed by atoms with Gasteiger partial charge in [-0.05, 0) is 6.92 Å². The molecule has 15 heavy (non-hydrogen) atoms. The minimum absolute atomic E-state index is 0.140. The molecule has 1 aromatic heterocycles. The highest BCUT2D eigenvalue weighted by Crippen LogP contribution is 2.21. The molecule has 1 rings (SSSR count). The average Bonchev–Trinajstić information content (AvgIpc) is 2.21. The van der Waals surface area contributed by atoms with Crippen molar-refractivity contribution in [2.75, 3.05) is 13.7 Å². The first-order chi connectivity index (χ1) is 7.17. The van der Waals surface area contributed by atoms with Gasteiger partial charge in [0.05, 0.1) is 20.1 Å². The van der Waals surface area contributed by atoms with E-state index in [1.807, 2.05) is 0 Å². The molecule has 0 amide bonds. The molecule has 5 heteroatoms. The zero-order chi connectivity index (χ0) is 11.3. The van der Waals surface area contributed by atoms with Gasteiger partial charge in [0, 0.05) is 17.8 Å². The van der Waals surface area contributed by atoms with Crippen LogP contribution in [0.4, 0.5) is 0 Å². The zero-order valence-corrected chi connectivity index (χ0v) is 9.37. The maximum Gasteiger partial charge on any atom is 0.310 e. The molecule has 0 aliphatic carbocycles. The van der Waals surface area contributed by atoms with Crippen LogP contribution in [0.3, 0.4) is 0 Å². The summed E-state index contributed by atoms with van der Waals surface area (Å²) in [6.45, 7) is 2.12. The van der Waals surface area contributed by atoms with Gasteiger partial charge in [-0.1, -0.05) is 11.6 Å². The van der Waals surface area contributed by atoms with Crippen LogP contribution in [0.2, 0.25) is 5.15 Å². The van der Waals surface area contributed by atoms with Gasteiger partial charge in [0.1, 0.15) is 10.9 Å². The summed E-state index contributed by atoms with van der Waals surface area (Å²) < 4.78 is 9.89. The summed E-state index contributed by atoms with van der Waals surface area (Å²) in [5.41, 5.74) is 0.667. The predicted octanol–water partition coefficient (Wildman–Crippen LogP) is 1.85. The standard InChI is InChI=1S/C10H12ClNO3/c1-3-15-10(13)4-7-6-12-9(11)5-8(7)14-2/h5-6H,3-4H2,1-2H3. The van der Waals surface area contributed by atoms with E-state index in [2.05, 4.69) is 4.98 Å². The van der Waals surface area contributed by atoms with Crippen LogP contribution in [0.1, 0.15) is 12.5 Å². The highest BCUT2D eigenvalue weighted by molar-refractivity contribution is 6.29. The number of hydrogen-bond acceptors (Lipinski definition) is 4. The van der Waals surface area contributed by atoms with E-state index >= 15 is 0 Å². The lowest BCUT2D eigenvalue weighted by molar-refractivity contribution is -0.142. The Labute approximate surface area is 93.2 Å². The Morgan fingerprint density at radius 1 is 1.60 bits per heavy atom. The van der Waals surface area contributed by atoms with E-state index < -0.39 is 0 Å². The molecule has 0 radical (unpaired) electrons. The first-order valence-electron chi connectivity index (χ1n) is 4.51. The largest absolute Gasteiger partial charge is 0.496 e. The number of methoxy groups -OCH3 is 1. The monoisotopic (exact) mass is 229 g/mol. The van der Waals surface area contributed by atoms with Gasteiger partial charge in [-0.3, -0.25) is 4.79 Å². The third-order valence-corrected chi connectivity index (χ3v) is 1.98. The van der Waals surface area contributed by atoms with Crippen molar-refractivity contribution >= 4 is 17.6 Å². The van der Waals surface area contributed by atoms with Gasteiger partial charge in [0.25, 0.3) is 0 Å². The Kier molecular flexibility index (Phi) is 4.37. The minimum atomic E-state index is -0.306. The lowest BCUT2D eigenvalue weighted by Gasteiger charge is -2.07. The number of hydrogen-bond donors (Lipinski definition) is 0. The van der Waals surface area contributed by atoms with Crippen LogP contribution in [0.15, 0.2) is 12.3 Å². The smallest absolute Gasteiger partial charge is 0.310 e. The second-order valence-electron chi connectivity index (χ2n) is 2.80. The number of esters is 1. The molecule has 0 unspecified atom stereocenters. The number of pyridine rings is 1. The molecule has 0 spiro atoms. The minimum Gasteiger partial charge on any atom is -0.496 e. The van der Waals surface area contributed by atoms with Crippen LogP contribution in [-0.4, -0.2) is 24.7 Å². The fourth-order valence-corrected chi connectivity index (χ4v) is 1.28. The summed E-state index contributed by atoms with van der Waals surface area (Å²) in [4.78, 5) is 15.1. The molecule has 82 valence electrons. The Morgan fingerprint density at radius 3 is 2.93 bits per heavy atom. The number of halogens is 1. The summed E-state index contributed by atoms with van der Waals surface area (Å²) in [5.74, 6) is 0.239. The fraction of sp³-hybridized carbons (Fsp3) is 0.400. The van der Waals surface area contributed by atoms with E-state index in [4.69, 9.17) is 21.1 Å². The third-order valence-electron chi connectivity index (χ3n) is 1.77. The molecular formula is C10H12ClNO3. The molecule has 0 aromatic carbocycles. The Balaban J connectivity index is 2.80. The lowest BCUT2D eigenvalue weighted by Crippen LogP contribution is -2.08. The molecule has 0 N–H and O–H groups in total. The number of ether oxygens (including phenoxy) is 2. The topological polar surface area (TPSA) is 48.4 Å². The summed E-state index contributed by atoms with van der Waals surface area (Å²) in [7, 11) is 1.51. The van der Waals surface area contributed by atoms with Gasteiger partial charge in [0.2, 0.25) is 0 Å². The van der Waals surface area contributed by atoms with Crippen LogP contribution in [0.25, 0.3) is 0 Å². The van der Waals surface area contributed by atoms with Crippen molar-refractivity contribution in [1.29, 1.82) is 0 Å². The zero-order valence-electron chi connectivity index (χ0n) is 8.62. The van der Waals surface area contributed by atoms with E-state index in [9.17, 15) is 4.79 Å². The number of nitrogens with zero attached hydrogens (tertiary/aromatic N) is 1. The maximum absolute atomic E-state index is 11.2. The van der Waals surface area contributed by atoms with Crippen molar-refractivity contribution in [2.24, 2.45) is 0 Å². The highest BCUT2D eigenvalue weighted by atomic mass is 35.5. The van der Waals surface area contributed by atoms with Gasteiger partial charge in [0.15, 0.2) is 0 Å². The van der Waals surface area contributed by atoms with E-state index in [-0.39, 0.29) is 12.4 Å². The SMILES string of the molecule is CCOC(=O)Cc1cnc(Cl)cc1OC. The summed E-state index contributed by atoms with van der Waals surface area (Å²) in [6, 6.07) is 1.57. The molecule has 0 saturated carbocycles. The summed E-state index contributed by atoms with van der Waals surface area (Å²) in [5, 5.41) is 0.333. The van der Waals surface area contributed by atoms with Crippen molar-refractivity contribution in [2.45, 2.75) is 13.3 Å². The normalized spacial score (nSPS) is 9.80. The van der Waals surface area contributed by atoms with Crippen molar-refractivity contribution in [3.05, 3.63) is 23.0 Å². The van der Waals surface area contributed by atoms with Gasteiger partial charge < -0.3 is 9.47 Å². The van der Waals surface area contributed by atoms with Crippen LogP contribution in [0.5, 0.6) is 5.75 Å². The highest BCUT2D eigenvalue weighted by Gasteiger charge is 2.10. The van der Waals surface area contributed by atoms with E-state index in [0.717, 1.165) is 0 Å². The molecule has 4 nitrogen and oxygen atoms in total. The average molecular weight is 230 g/mol. The molecule has 0 aliphatic rings. The first-order valence-corrected chi connectivity index (χ1v) is 4.89. The van der Waals surface area contributed by atoms with Crippen molar-refractivity contribution in [3.63, 3.8) is 0 Å². The Morgan fingerprint density at radius 2 is 2.33 bits per heavy atom. The summed E-state index contributed by atoms with van der Waals surface area (Å²) in [6.07, 6.45) is 1.65. The van der Waals surface area contributed by atoms with E-state index in [1.165, 1.54) is 13.3 Å². The molecule has 0 saturated heterocycles. The van der Waals surface area contributed by atoms with E-state index in [1.54, 1.807) is 13.0 Å². The fourth-order valence-electron chi connectivity index (χ4n) is 1.13. The van der Waals surface area contributed by atoms with Crippen molar-refractivity contribution < 1.29 is 14.3 Å². The van der Waals surface area contributed by atoms with Gasteiger partial charge in [-0.15, -0.1) is 0 Å².